The minimum Gasteiger partial charge on any atom is -0.466 e. The zero-order valence-electron chi connectivity index (χ0n) is 10.9. The van der Waals surface area contributed by atoms with Crippen molar-refractivity contribution in [2.75, 3.05) is 6.61 Å². The molecule has 0 heterocycles. The average molecular weight is 248 g/mol. The van der Waals surface area contributed by atoms with Gasteiger partial charge in [-0.2, -0.15) is 0 Å². The number of carbonyl (C=O) groups excluding carboxylic acids is 1. The summed E-state index contributed by atoms with van der Waals surface area (Å²) in [5.41, 5.74) is 0. The Labute approximate surface area is 99.7 Å². The van der Waals surface area contributed by atoms with E-state index in [2.05, 4.69) is 6.92 Å². The van der Waals surface area contributed by atoms with Gasteiger partial charge in [0.05, 0.1) is 6.61 Å². The van der Waals surface area contributed by atoms with Crippen molar-refractivity contribution in [1.29, 1.82) is 0 Å². The van der Waals surface area contributed by atoms with Crippen LogP contribution in [0.5, 0.6) is 0 Å². The molecule has 0 amide bonds. The van der Waals surface area contributed by atoms with Crippen molar-refractivity contribution in [3.63, 3.8) is 0 Å². The Morgan fingerprint density at radius 3 is 2.44 bits per heavy atom. The molecule has 0 saturated carbocycles. The zero-order chi connectivity index (χ0) is 12.4. The molecule has 0 aliphatic heterocycles. The Morgan fingerprint density at radius 1 is 1.19 bits per heavy atom. The summed E-state index contributed by atoms with van der Waals surface area (Å²) in [4.78, 5) is 11.2. The molecule has 0 N–H and O–H groups in total. The van der Waals surface area contributed by atoms with Gasteiger partial charge in [-0.05, 0) is 32.0 Å². The predicted octanol–water partition coefficient (Wildman–Crippen LogP) is 4.06. The highest BCUT2D eigenvalue weighted by Crippen LogP contribution is 2.13. The minimum atomic E-state index is -2.46. The molecule has 0 bridgehead atoms. The van der Waals surface area contributed by atoms with Crippen LogP contribution in [-0.2, 0) is 9.53 Å². The summed E-state index contributed by atoms with van der Waals surface area (Å²) in [5.74, 6) is -0.130. The number of hydrogen-bond donors (Lipinski definition) is 0. The van der Waals surface area contributed by atoms with Gasteiger partial charge in [0.1, 0.15) is 0 Å². The van der Waals surface area contributed by atoms with Gasteiger partial charge in [0, 0.05) is 6.42 Å². The molecular weight excluding hydrogens is 223 g/mol. The third-order valence-corrected chi connectivity index (χ3v) is 3.96. The second kappa shape index (κ2) is 8.73. The van der Waals surface area contributed by atoms with E-state index in [0.717, 1.165) is 12.8 Å². The van der Waals surface area contributed by atoms with E-state index >= 15 is 0 Å². The van der Waals surface area contributed by atoms with Gasteiger partial charge in [0.2, 0.25) is 8.41 Å². The minimum absolute atomic E-state index is 0.130. The lowest BCUT2D eigenvalue weighted by molar-refractivity contribution is -0.143. The van der Waals surface area contributed by atoms with E-state index in [1.54, 1.807) is 13.1 Å². The number of esters is 1. The maximum atomic E-state index is 13.2. The van der Waals surface area contributed by atoms with Crippen LogP contribution in [0.2, 0.25) is 19.1 Å². The van der Waals surface area contributed by atoms with Crippen molar-refractivity contribution in [2.45, 2.75) is 64.6 Å². The maximum Gasteiger partial charge on any atom is 0.305 e. The summed E-state index contributed by atoms with van der Waals surface area (Å²) in [6, 6.07) is 0.579. The molecule has 0 fully saturated rings. The molecule has 0 saturated heterocycles. The first-order valence-corrected chi connectivity index (χ1v) is 9.39. The highest BCUT2D eigenvalue weighted by molar-refractivity contribution is 6.70. The summed E-state index contributed by atoms with van der Waals surface area (Å²) in [6.45, 7) is 5.88. The van der Waals surface area contributed by atoms with Crippen molar-refractivity contribution >= 4 is 14.4 Å². The number of carbonyl (C=O) groups is 1. The molecule has 0 rings (SSSR count). The van der Waals surface area contributed by atoms with Gasteiger partial charge < -0.3 is 8.84 Å². The normalized spacial score (nSPS) is 11.5. The fraction of sp³-hybridized carbons (Fsp3) is 0.917. The number of ether oxygens (including phenoxy) is 1. The lowest BCUT2D eigenvalue weighted by Crippen LogP contribution is -2.18. The zero-order valence-corrected chi connectivity index (χ0v) is 11.9. The second-order valence-electron chi connectivity index (χ2n) is 4.85. The molecule has 0 atom stereocenters. The molecule has 2 nitrogen and oxygen atoms in total. The van der Waals surface area contributed by atoms with Crippen molar-refractivity contribution in [3.8, 4) is 0 Å². The number of unbranched alkanes of at least 4 members (excludes halogenated alkanes) is 3. The molecule has 0 aromatic heterocycles. The molecule has 0 aliphatic carbocycles. The van der Waals surface area contributed by atoms with Gasteiger partial charge in [0.15, 0.2) is 0 Å². The number of halogens is 1. The third kappa shape index (κ3) is 11.7. The first-order chi connectivity index (χ1) is 7.45. The van der Waals surface area contributed by atoms with Gasteiger partial charge >= 0.3 is 5.97 Å². The standard InChI is InChI=1S/C12H25FO2Si/c1-4-5-6-7-9-12(14)15-10-8-11-16(2,3)13/h4-11H2,1-3H3. The Morgan fingerprint density at radius 2 is 1.88 bits per heavy atom. The first-order valence-electron chi connectivity index (χ1n) is 6.30. The second-order valence-corrected chi connectivity index (χ2v) is 8.79. The Kier molecular flexibility index (Phi) is 8.52. The van der Waals surface area contributed by atoms with Gasteiger partial charge in [-0.15, -0.1) is 0 Å². The van der Waals surface area contributed by atoms with Crippen LogP contribution in [0, 0.1) is 0 Å². The molecule has 16 heavy (non-hydrogen) atoms. The van der Waals surface area contributed by atoms with E-state index in [-0.39, 0.29) is 5.97 Å². The number of rotatable bonds is 9. The van der Waals surface area contributed by atoms with Crippen LogP contribution in [0.1, 0.15) is 45.4 Å². The maximum absolute atomic E-state index is 13.2. The molecule has 0 aromatic carbocycles. The Bertz CT molecular complexity index is 190. The largest absolute Gasteiger partial charge is 0.466 e. The van der Waals surface area contributed by atoms with Crippen molar-refractivity contribution < 1.29 is 13.6 Å². The molecule has 0 aromatic rings. The fourth-order valence-corrected chi connectivity index (χ4v) is 2.43. The molecule has 4 heteroatoms. The Hall–Kier alpha value is -0.383. The van der Waals surface area contributed by atoms with E-state index in [1.165, 1.54) is 12.8 Å². The highest BCUT2D eigenvalue weighted by Gasteiger charge is 2.19. The summed E-state index contributed by atoms with van der Waals surface area (Å²) in [7, 11) is -2.46. The van der Waals surface area contributed by atoms with Crippen LogP contribution in [0.3, 0.4) is 0 Å². The Balaban J connectivity index is 3.31. The molecule has 0 radical (unpaired) electrons. The summed E-state index contributed by atoms with van der Waals surface area (Å²) in [5, 5.41) is 0. The third-order valence-electron chi connectivity index (χ3n) is 2.41. The molecule has 0 spiro atoms. The van der Waals surface area contributed by atoms with Crippen LogP contribution >= 0.6 is 0 Å². The molecule has 96 valence electrons. The predicted molar refractivity (Wildman–Crippen MR) is 67.7 cm³/mol. The fourth-order valence-electron chi connectivity index (χ4n) is 1.45. The van der Waals surface area contributed by atoms with E-state index in [9.17, 15) is 8.90 Å². The lowest BCUT2D eigenvalue weighted by Gasteiger charge is -2.10. The van der Waals surface area contributed by atoms with Gasteiger partial charge in [-0.3, -0.25) is 4.79 Å². The molecule has 0 unspecified atom stereocenters. The van der Waals surface area contributed by atoms with Crippen LogP contribution in [0.15, 0.2) is 0 Å². The smallest absolute Gasteiger partial charge is 0.305 e. The van der Waals surface area contributed by atoms with Crippen LogP contribution in [-0.4, -0.2) is 21.0 Å². The van der Waals surface area contributed by atoms with Crippen LogP contribution in [0.4, 0.5) is 4.11 Å². The van der Waals surface area contributed by atoms with E-state index in [0.29, 0.717) is 25.5 Å². The molecule has 0 aliphatic rings. The van der Waals surface area contributed by atoms with Gasteiger partial charge in [-0.25, -0.2) is 0 Å². The summed E-state index contributed by atoms with van der Waals surface area (Å²) in [6.07, 6.45) is 5.53. The van der Waals surface area contributed by atoms with E-state index in [1.807, 2.05) is 0 Å². The van der Waals surface area contributed by atoms with Crippen molar-refractivity contribution in [2.24, 2.45) is 0 Å². The van der Waals surface area contributed by atoms with Gasteiger partial charge in [-0.1, -0.05) is 26.2 Å². The monoisotopic (exact) mass is 248 g/mol. The summed E-state index contributed by atoms with van der Waals surface area (Å²) < 4.78 is 18.2. The average Bonchev–Trinajstić information content (AvgIpc) is 2.18. The van der Waals surface area contributed by atoms with Crippen LogP contribution in [0.25, 0.3) is 0 Å². The van der Waals surface area contributed by atoms with Crippen molar-refractivity contribution in [1.82, 2.24) is 0 Å². The SMILES string of the molecule is CCCCCCC(=O)OCCC[Si](C)(C)F. The highest BCUT2D eigenvalue weighted by atomic mass is 28.4. The van der Waals surface area contributed by atoms with E-state index in [4.69, 9.17) is 4.74 Å². The first kappa shape index (κ1) is 15.6. The van der Waals surface area contributed by atoms with Gasteiger partial charge in [0.25, 0.3) is 0 Å². The molecular formula is C12H25FO2Si. The van der Waals surface area contributed by atoms with Crippen LogP contribution < -0.4 is 0 Å². The summed E-state index contributed by atoms with van der Waals surface area (Å²) >= 11 is 0. The quantitative estimate of drug-likeness (QED) is 0.266. The topological polar surface area (TPSA) is 26.3 Å². The number of hydrogen-bond acceptors (Lipinski definition) is 2. The van der Waals surface area contributed by atoms with E-state index < -0.39 is 8.41 Å². The van der Waals surface area contributed by atoms with Crippen molar-refractivity contribution in [3.05, 3.63) is 0 Å². The lowest BCUT2D eigenvalue weighted by atomic mass is 10.2.